The highest BCUT2D eigenvalue weighted by molar-refractivity contribution is 5.73. The molecule has 0 aliphatic carbocycles. The molecule has 0 amide bonds. The number of hydrogen-bond acceptors (Lipinski definition) is 4. The highest BCUT2D eigenvalue weighted by Gasteiger charge is 2.27. The SMILES string of the molecule is CC(C)CC(C)(C)CC(=O)OOC(=O)CC(C)(C)CC(C)C. The van der Waals surface area contributed by atoms with Gasteiger partial charge in [0.15, 0.2) is 0 Å². The fourth-order valence-electron chi connectivity index (χ4n) is 3.29. The highest BCUT2D eigenvalue weighted by atomic mass is 17.2. The Morgan fingerprint density at radius 2 is 1.00 bits per heavy atom. The van der Waals surface area contributed by atoms with Crippen LogP contribution in [0.4, 0.5) is 0 Å². The summed E-state index contributed by atoms with van der Waals surface area (Å²) >= 11 is 0. The van der Waals surface area contributed by atoms with Gasteiger partial charge in [0.25, 0.3) is 0 Å². The predicted octanol–water partition coefficient (Wildman–Crippen LogP) is 4.91. The van der Waals surface area contributed by atoms with Gasteiger partial charge in [0, 0.05) is 0 Å². The zero-order valence-corrected chi connectivity index (χ0v) is 15.6. The Labute approximate surface area is 135 Å². The van der Waals surface area contributed by atoms with Gasteiger partial charge in [-0.3, -0.25) is 0 Å². The molecule has 0 fully saturated rings. The summed E-state index contributed by atoms with van der Waals surface area (Å²) in [4.78, 5) is 32.9. The van der Waals surface area contributed by atoms with Crippen LogP contribution in [0.3, 0.4) is 0 Å². The second kappa shape index (κ2) is 8.54. The third-order valence-corrected chi connectivity index (χ3v) is 3.40. The van der Waals surface area contributed by atoms with E-state index in [0.717, 1.165) is 12.8 Å². The summed E-state index contributed by atoms with van der Waals surface area (Å²) in [6.45, 7) is 16.5. The van der Waals surface area contributed by atoms with Crippen molar-refractivity contribution in [3.05, 3.63) is 0 Å². The Morgan fingerprint density at radius 3 is 1.23 bits per heavy atom. The minimum Gasteiger partial charge on any atom is -0.247 e. The topological polar surface area (TPSA) is 52.6 Å². The summed E-state index contributed by atoms with van der Waals surface area (Å²) < 4.78 is 0. The predicted molar refractivity (Wildman–Crippen MR) is 87.9 cm³/mol. The molecule has 0 saturated heterocycles. The Hall–Kier alpha value is -1.06. The van der Waals surface area contributed by atoms with Crippen molar-refractivity contribution < 1.29 is 19.4 Å². The first-order valence-electron chi connectivity index (χ1n) is 8.23. The van der Waals surface area contributed by atoms with E-state index in [4.69, 9.17) is 0 Å². The maximum Gasteiger partial charge on any atom is 0.356 e. The van der Waals surface area contributed by atoms with Crippen molar-refractivity contribution in [2.45, 2.75) is 81.1 Å². The minimum atomic E-state index is -0.485. The Kier molecular flexibility index (Phi) is 8.13. The second-order valence-electron chi connectivity index (χ2n) is 8.79. The summed E-state index contributed by atoms with van der Waals surface area (Å²) in [6, 6.07) is 0. The van der Waals surface area contributed by atoms with Crippen molar-refractivity contribution in [2.24, 2.45) is 22.7 Å². The fraction of sp³-hybridized carbons (Fsp3) is 0.889. The van der Waals surface area contributed by atoms with E-state index in [9.17, 15) is 9.59 Å². The third kappa shape index (κ3) is 10.6. The molecule has 4 heteroatoms. The second-order valence-corrected chi connectivity index (χ2v) is 8.79. The molecule has 0 aromatic heterocycles. The number of rotatable bonds is 8. The van der Waals surface area contributed by atoms with E-state index >= 15 is 0 Å². The minimum absolute atomic E-state index is 0.158. The van der Waals surface area contributed by atoms with Crippen molar-refractivity contribution in [1.82, 2.24) is 0 Å². The lowest BCUT2D eigenvalue weighted by Gasteiger charge is -2.26. The van der Waals surface area contributed by atoms with Crippen LogP contribution in [0.1, 0.15) is 81.1 Å². The van der Waals surface area contributed by atoms with Gasteiger partial charge in [-0.25, -0.2) is 19.4 Å². The lowest BCUT2D eigenvalue weighted by molar-refractivity contribution is -0.261. The number of carbonyl (C=O) groups excluding carboxylic acids is 2. The normalized spacial score (nSPS) is 12.6. The Morgan fingerprint density at radius 1 is 0.727 bits per heavy atom. The molecule has 0 heterocycles. The quantitative estimate of drug-likeness (QED) is 0.471. The third-order valence-electron chi connectivity index (χ3n) is 3.40. The maximum absolute atomic E-state index is 11.8. The van der Waals surface area contributed by atoms with E-state index in [1.807, 2.05) is 27.7 Å². The van der Waals surface area contributed by atoms with E-state index in [-0.39, 0.29) is 23.7 Å². The van der Waals surface area contributed by atoms with Gasteiger partial charge in [0.2, 0.25) is 0 Å². The molecule has 0 N–H and O–H groups in total. The van der Waals surface area contributed by atoms with Gasteiger partial charge in [-0.15, -0.1) is 0 Å². The first kappa shape index (κ1) is 20.9. The van der Waals surface area contributed by atoms with Gasteiger partial charge in [-0.1, -0.05) is 55.4 Å². The Bertz CT molecular complexity index is 331. The molecule has 0 radical (unpaired) electrons. The van der Waals surface area contributed by atoms with Crippen LogP contribution in [-0.2, 0) is 19.4 Å². The van der Waals surface area contributed by atoms with E-state index in [2.05, 4.69) is 37.5 Å². The summed E-state index contributed by atoms with van der Waals surface area (Å²) in [5, 5.41) is 0. The zero-order chi connectivity index (χ0) is 17.6. The van der Waals surface area contributed by atoms with Crippen molar-refractivity contribution >= 4 is 11.9 Å². The molecule has 0 aromatic carbocycles. The van der Waals surface area contributed by atoms with Crippen LogP contribution in [0.2, 0.25) is 0 Å². The van der Waals surface area contributed by atoms with Gasteiger partial charge in [-0.2, -0.15) is 0 Å². The fourth-order valence-corrected chi connectivity index (χ4v) is 3.29. The standard InChI is InChI=1S/C18H34O4/c1-13(2)9-17(5,6)11-15(19)21-22-16(20)12-18(7,8)10-14(3)4/h13-14H,9-12H2,1-8H3. The van der Waals surface area contributed by atoms with Gasteiger partial charge >= 0.3 is 11.9 Å². The van der Waals surface area contributed by atoms with E-state index in [0.29, 0.717) is 11.8 Å². The van der Waals surface area contributed by atoms with Crippen LogP contribution in [0.25, 0.3) is 0 Å². The van der Waals surface area contributed by atoms with Crippen LogP contribution >= 0.6 is 0 Å². The molecule has 0 aliphatic rings. The van der Waals surface area contributed by atoms with Crippen LogP contribution in [0, 0.1) is 22.7 Å². The van der Waals surface area contributed by atoms with Crippen LogP contribution in [-0.4, -0.2) is 11.9 Å². The molecule has 0 bridgehead atoms. The van der Waals surface area contributed by atoms with Gasteiger partial charge in [0.1, 0.15) is 0 Å². The first-order valence-corrected chi connectivity index (χ1v) is 8.23. The van der Waals surface area contributed by atoms with E-state index < -0.39 is 11.9 Å². The molecule has 4 nitrogen and oxygen atoms in total. The van der Waals surface area contributed by atoms with Crippen LogP contribution in [0.5, 0.6) is 0 Å². The first-order chi connectivity index (χ1) is 9.83. The molecule has 0 unspecified atom stereocenters. The van der Waals surface area contributed by atoms with Crippen molar-refractivity contribution in [1.29, 1.82) is 0 Å². The molecule has 0 aliphatic heterocycles. The van der Waals surface area contributed by atoms with Gasteiger partial charge in [0.05, 0.1) is 12.8 Å². The van der Waals surface area contributed by atoms with Crippen molar-refractivity contribution in [2.75, 3.05) is 0 Å². The average Bonchev–Trinajstić information content (AvgIpc) is 2.20. The summed E-state index contributed by atoms with van der Waals surface area (Å²) in [5.74, 6) is 0.0331. The van der Waals surface area contributed by atoms with Crippen molar-refractivity contribution in [3.8, 4) is 0 Å². The highest BCUT2D eigenvalue weighted by Crippen LogP contribution is 2.31. The molecule has 0 atom stereocenters. The monoisotopic (exact) mass is 314 g/mol. The molecule has 130 valence electrons. The van der Waals surface area contributed by atoms with E-state index in [1.54, 1.807) is 0 Å². The summed E-state index contributed by atoms with van der Waals surface area (Å²) in [6.07, 6.45) is 2.32. The average molecular weight is 314 g/mol. The van der Waals surface area contributed by atoms with Gasteiger partial charge in [-0.05, 0) is 35.5 Å². The Balaban J connectivity index is 4.22. The molecule has 0 saturated carbocycles. The molecule has 0 spiro atoms. The molecule has 0 aromatic rings. The number of carbonyl (C=O) groups is 2. The van der Waals surface area contributed by atoms with E-state index in [1.165, 1.54) is 0 Å². The molecular weight excluding hydrogens is 280 g/mol. The molecule has 0 rings (SSSR count). The van der Waals surface area contributed by atoms with Crippen LogP contribution < -0.4 is 0 Å². The lowest BCUT2D eigenvalue weighted by atomic mass is 9.81. The largest absolute Gasteiger partial charge is 0.356 e. The van der Waals surface area contributed by atoms with Gasteiger partial charge < -0.3 is 0 Å². The van der Waals surface area contributed by atoms with Crippen molar-refractivity contribution in [3.63, 3.8) is 0 Å². The number of hydrogen-bond donors (Lipinski definition) is 0. The molecular formula is C18H34O4. The zero-order valence-electron chi connectivity index (χ0n) is 15.6. The maximum atomic E-state index is 11.8. The molecule has 22 heavy (non-hydrogen) atoms. The summed E-state index contributed by atoms with van der Waals surface area (Å²) in [5.41, 5.74) is -0.316. The van der Waals surface area contributed by atoms with Crippen LogP contribution in [0.15, 0.2) is 0 Å². The lowest BCUT2D eigenvalue weighted by Crippen LogP contribution is -2.24. The summed E-state index contributed by atoms with van der Waals surface area (Å²) in [7, 11) is 0. The smallest absolute Gasteiger partial charge is 0.247 e.